The molecular weight excluding hydrogens is 384 g/mol. The largest absolute Gasteiger partial charge is 0.383 e. The van der Waals surface area contributed by atoms with Crippen LogP contribution in [0.15, 0.2) is 79.0 Å². The normalized spacial score (nSPS) is 11.1. The molecule has 2 aromatic carbocycles. The Morgan fingerprint density at radius 3 is 2.59 bits per heavy atom. The zero-order valence-electron chi connectivity index (χ0n) is 16.5. The summed E-state index contributed by atoms with van der Waals surface area (Å²) in [6.07, 6.45) is 5.47. The van der Waals surface area contributed by atoms with Crippen LogP contribution >= 0.6 is 11.6 Å². The molecule has 4 nitrogen and oxygen atoms in total. The van der Waals surface area contributed by atoms with Gasteiger partial charge in [0.15, 0.2) is 0 Å². The van der Waals surface area contributed by atoms with E-state index in [2.05, 4.69) is 4.57 Å². The summed E-state index contributed by atoms with van der Waals surface area (Å²) < 4.78 is 7.32. The maximum absolute atomic E-state index is 12.8. The summed E-state index contributed by atoms with van der Waals surface area (Å²) in [6, 6.07) is 21.6. The predicted octanol–water partition coefficient (Wildman–Crippen LogP) is 4.88. The molecule has 1 aromatic heterocycles. The molecule has 29 heavy (non-hydrogen) atoms. The SMILES string of the molecule is COCCN(Cc1cccn1Cc1ccccc1Cl)C(=O)C=Cc1ccccc1. The van der Waals surface area contributed by atoms with Crippen LogP contribution in [-0.2, 0) is 22.6 Å². The molecule has 1 heterocycles. The summed E-state index contributed by atoms with van der Waals surface area (Å²) >= 11 is 6.31. The number of ether oxygens (including phenoxy) is 1. The summed E-state index contributed by atoms with van der Waals surface area (Å²) in [5.41, 5.74) is 3.09. The molecule has 3 rings (SSSR count). The van der Waals surface area contributed by atoms with E-state index < -0.39 is 0 Å². The molecule has 0 spiro atoms. The standard InChI is InChI=1S/C24H25ClN2O2/c1-29-17-16-27(24(28)14-13-20-8-3-2-4-9-20)19-22-11-7-15-26(22)18-21-10-5-6-12-23(21)25/h2-15H,16-19H2,1H3. The van der Waals surface area contributed by atoms with Gasteiger partial charge in [-0.2, -0.15) is 0 Å². The first-order chi connectivity index (χ1) is 14.2. The van der Waals surface area contributed by atoms with E-state index in [-0.39, 0.29) is 5.91 Å². The van der Waals surface area contributed by atoms with Crippen molar-refractivity contribution in [3.63, 3.8) is 0 Å². The van der Waals surface area contributed by atoms with Gasteiger partial charge < -0.3 is 14.2 Å². The number of hydrogen-bond donors (Lipinski definition) is 0. The van der Waals surface area contributed by atoms with E-state index in [1.165, 1.54) is 0 Å². The lowest BCUT2D eigenvalue weighted by Crippen LogP contribution is -2.33. The lowest BCUT2D eigenvalue weighted by molar-refractivity contribution is -0.127. The Kier molecular flexibility index (Phi) is 7.68. The number of carbonyl (C=O) groups is 1. The third-order valence-corrected chi connectivity index (χ3v) is 5.04. The Morgan fingerprint density at radius 1 is 1.07 bits per heavy atom. The fourth-order valence-electron chi connectivity index (χ4n) is 3.06. The molecule has 0 bridgehead atoms. The van der Waals surface area contributed by atoms with Crippen molar-refractivity contribution in [3.8, 4) is 0 Å². The molecule has 0 radical (unpaired) electrons. The van der Waals surface area contributed by atoms with E-state index in [1.807, 2.05) is 79.0 Å². The lowest BCUT2D eigenvalue weighted by atomic mass is 10.2. The first-order valence-corrected chi connectivity index (χ1v) is 9.93. The van der Waals surface area contributed by atoms with Gasteiger partial charge in [-0.3, -0.25) is 4.79 Å². The third-order valence-electron chi connectivity index (χ3n) is 4.67. The molecule has 0 fully saturated rings. The molecule has 150 valence electrons. The number of amides is 1. The van der Waals surface area contributed by atoms with Crippen molar-refractivity contribution in [1.29, 1.82) is 0 Å². The lowest BCUT2D eigenvalue weighted by Gasteiger charge is -2.22. The van der Waals surface area contributed by atoms with Crippen LogP contribution in [0.2, 0.25) is 5.02 Å². The van der Waals surface area contributed by atoms with Gasteiger partial charge in [0.25, 0.3) is 0 Å². The maximum atomic E-state index is 12.8. The van der Waals surface area contributed by atoms with Crippen molar-refractivity contribution in [2.24, 2.45) is 0 Å². The minimum Gasteiger partial charge on any atom is -0.383 e. The first-order valence-electron chi connectivity index (χ1n) is 9.56. The zero-order valence-corrected chi connectivity index (χ0v) is 17.3. The van der Waals surface area contributed by atoms with Crippen molar-refractivity contribution in [1.82, 2.24) is 9.47 Å². The molecular formula is C24H25ClN2O2. The highest BCUT2D eigenvalue weighted by Gasteiger charge is 2.14. The quantitative estimate of drug-likeness (QED) is 0.473. The van der Waals surface area contributed by atoms with Gasteiger partial charge in [-0.05, 0) is 35.4 Å². The summed E-state index contributed by atoms with van der Waals surface area (Å²) in [6.45, 7) is 2.16. The number of nitrogens with zero attached hydrogens (tertiary/aromatic N) is 2. The number of rotatable bonds is 9. The van der Waals surface area contributed by atoms with Gasteiger partial charge in [-0.25, -0.2) is 0 Å². The molecule has 0 atom stereocenters. The van der Waals surface area contributed by atoms with Crippen LogP contribution in [0.5, 0.6) is 0 Å². The Balaban J connectivity index is 1.73. The molecule has 0 unspecified atom stereocenters. The average molecular weight is 409 g/mol. The van der Waals surface area contributed by atoms with E-state index in [4.69, 9.17) is 16.3 Å². The molecule has 0 saturated heterocycles. The number of hydrogen-bond acceptors (Lipinski definition) is 2. The van der Waals surface area contributed by atoms with E-state index in [9.17, 15) is 4.79 Å². The highest BCUT2D eigenvalue weighted by atomic mass is 35.5. The minimum absolute atomic E-state index is 0.0450. The summed E-state index contributed by atoms with van der Waals surface area (Å²) in [5.74, 6) is -0.0450. The molecule has 0 saturated carbocycles. The van der Waals surface area contributed by atoms with E-state index >= 15 is 0 Å². The Labute approximate surface area is 177 Å². The maximum Gasteiger partial charge on any atom is 0.247 e. The van der Waals surface area contributed by atoms with Crippen LogP contribution in [0, 0.1) is 0 Å². The zero-order chi connectivity index (χ0) is 20.5. The molecule has 1 amide bonds. The highest BCUT2D eigenvalue weighted by molar-refractivity contribution is 6.31. The summed E-state index contributed by atoms with van der Waals surface area (Å²) in [4.78, 5) is 14.6. The topological polar surface area (TPSA) is 34.5 Å². The van der Waals surface area contributed by atoms with Crippen LogP contribution < -0.4 is 0 Å². The molecule has 0 aliphatic heterocycles. The number of carbonyl (C=O) groups excluding carboxylic acids is 1. The number of methoxy groups -OCH3 is 1. The monoisotopic (exact) mass is 408 g/mol. The molecule has 5 heteroatoms. The van der Waals surface area contributed by atoms with Crippen LogP contribution in [-0.4, -0.2) is 35.6 Å². The predicted molar refractivity (Wildman–Crippen MR) is 118 cm³/mol. The van der Waals surface area contributed by atoms with Gasteiger partial charge in [-0.1, -0.05) is 60.1 Å². The van der Waals surface area contributed by atoms with Crippen molar-refractivity contribution >= 4 is 23.6 Å². The van der Waals surface area contributed by atoms with Crippen LogP contribution in [0.1, 0.15) is 16.8 Å². The van der Waals surface area contributed by atoms with Crippen molar-refractivity contribution in [2.75, 3.05) is 20.3 Å². The summed E-state index contributed by atoms with van der Waals surface area (Å²) in [7, 11) is 1.64. The molecule has 0 N–H and O–H groups in total. The Bertz CT molecular complexity index is 950. The van der Waals surface area contributed by atoms with Crippen molar-refractivity contribution in [2.45, 2.75) is 13.1 Å². The first kappa shape index (κ1) is 20.9. The van der Waals surface area contributed by atoms with Crippen LogP contribution in [0.4, 0.5) is 0 Å². The summed E-state index contributed by atoms with van der Waals surface area (Å²) in [5, 5.41) is 0.741. The fraction of sp³-hybridized carbons (Fsp3) is 0.208. The van der Waals surface area contributed by atoms with Crippen molar-refractivity contribution < 1.29 is 9.53 Å². The van der Waals surface area contributed by atoms with Crippen molar-refractivity contribution in [3.05, 3.63) is 101 Å². The Hall–Kier alpha value is -2.82. The van der Waals surface area contributed by atoms with E-state index in [1.54, 1.807) is 18.1 Å². The van der Waals surface area contributed by atoms with Gasteiger partial charge in [-0.15, -0.1) is 0 Å². The Morgan fingerprint density at radius 2 is 1.83 bits per heavy atom. The van der Waals surface area contributed by atoms with Crippen LogP contribution in [0.3, 0.4) is 0 Å². The second-order valence-electron chi connectivity index (χ2n) is 6.72. The fourth-order valence-corrected chi connectivity index (χ4v) is 3.25. The smallest absolute Gasteiger partial charge is 0.247 e. The van der Waals surface area contributed by atoms with Gasteiger partial charge in [0.1, 0.15) is 0 Å². The number of aromatic nitrogens is 1. The number of halogens is 1. The number of benzene rings is 2. The van der Waals surface area contributed by atoms with Crippen LogP contribution in [0.25, 0.3) is 6.08 Å². The van der Waals surface area contributed by atoms with Gasteiger partial charge >= 0.3 is 0 Å². The van der Waals surface area contributed by atoms with E-state index in [0.29, 0.717) is 26.2 Å². The second-order valence-corrected chi connectivity index (χ2v) is 7.12. The second kappa shape index (κ2) is 10.6. The average Bonchev–Trinajstić information content (AvgIpc) is 3.18. The minimum atomic E-state index is -0.0450. The van der Waals surface area contributed by atoms with E-state index in [0.717, 1.165) is 21.8 Å². The van der Waals surface area contributed by atoms with Gasteiger partial charge in [0, 0.05) is 43.2 Å². The third kappa shape index (κ3) is 6.08. The molecule has 3 aromatic rings. The highest BCUT2D eigenvalue weighted by Crippen LogP contribution is 2.18. The molecule has 0 aliphatic rings. The van der Waals surface area contributed by atoms with Gasteiger partial charge in [0.2, 0.25) is 5.91 Å². The van der Waals surface area contributed by atoms with Gasteiger partial charge in [0.05, 0.1) is 13.2 Å². The molecule has 0 aliphatic carbocycles.